The van der Waals surface area contributed by atoms with Gasteiger partial charge in [-0.2, -0.15) is 13.2 Å². The third-order valence-corrected chi connectivity index (χ3v) is 6.64. The number of carbonyl (C=O) groups excluding carboxylic acids is 2. The number of nitrogens with one attached hydrogen (secondary N) is 1. The van der Waals surface area contributed by atoms with Crippen molar-refractivity contribution in [2.24, 2.45) is 0 Å². The molecule has 1 unspecified atom stereocenters. The average molecular weight is 513 g/mol. The van der Waals surface area contributed by atoms with E-state index in [0.29, 0.717) is 42.3 Å². The van der Waals surface area contributed by atoms with E-state index < -0.39 is 23.7 Å². The molecule has 1 fully saturated rings. The molecule has 1 N–H and O–H groups in total. The van der Waals surface area contributed by atoms with Crippen molar-refractivity contribution in [1.82, 2.24) is 15.2 Å². The number of alkyl halides is 3. The summed E-state index contributed by atoms with van der Waals surface area (Å²) in [6.07, 6.45) is -1.23. The summed E-state index contributed by atoms with van der Waals surface area (Å²) in [5.74, 6) is -0.495. The van der Waals surface area contributed by atoms with Crippen molar-refractivity contribution in [3.8, 4) is 0 Å². The van der Waals surface area contributed by atoms with Crippen molar-refractivity contribution < 1.29 is 22.8 Å². The average Bonchev–Trinajstić information content (AvgIpc) is 2.82. The minimum Gasteiger partial charge on any atom is -0.338 e. The fourth-order valence-electron chi connectivity index (χ4n) is 4.04. The second-order valence-electron chi connectivity index (χ2n) is 8.04. The van der Waals surface area contributed by atoms with Crippen LogP contribution < -0.4 is 10.2 Å². The number of halogens is 5. The zero-order valence-electron chi connectivity index (χ0n) is 17.9. The summed E-state index contributed by atoms with van der Waals surface area (Å²) in [6, 6.07) is 6.59. The largest absolute Gasteiger partial charge is 0.417 e. The number of hydrogen-bond acceptors (Lipinski definition) is 4. The van der Waals surface area contributed by atoms with Crippen LogP contribution in [0.1, 0.15) is 24.0 Å². The number of piperazine rings is 1. The smallest absolute Gasteiger partial charge is 0.338 e. The first kappa shape index (κ1) is 24.5. The van der Waals surface area contributed by atoms with Crippen molar-refractivity contribution in [1.29, 1.82) is 0 Å². The third kappa shape index (κ3) is 5.21. The molecule has 1 saturated heterocycles. The van der Waals surface area contributed by atoms with Gasteiger partial charge in [0.15, 0.2) is 0 Å². The van der Waals surface area contributed by atoms with E-state index >= 15 is 0 Å². The Morgan fingerprint density at radius 3 is 2.68 bits per heavy atom. The summed E-state index contributed by atoms with van der Waals surface area (Å²) in [5, 5.41) is 3.89. The van der Waals surface area contributed by atoms with Gasteiger partial charge in [-0.1, -0.05) is 41.4 Å². The van der Waals surface area contributed by atoms with E-state index in [-0.39, 0.29) is 24.7 Å². The number of aromatic nitrogens is 1. The highest BCUT2D eigenvalue weighted by atomic mass is 35.5. The molecule has 180 valence electrons. The standard InChI is InChI=1S/C23H21Cl2F3N4O2/c24-17-5-1-4-16(21(17)25)14-3-2-9-31(13-14)20(33)11-18-22(34)32(10-8-29-18)19-7-6-15(12-30-19)23(26,27)28/h1,3-7,12,18,29H,2,8-11,13H2. The molecule has 1 atom stereocenters. The highest BCUT2D eigenvalue weighted by molar-refractivity contribution is 6.43. The molecule has 0 aliphatic carbocycles. The summed E-state index contributed by atoms with van der Waals surface area (Å²) < 4.78 is 38.4. The molecule has 0 radical (unpaired) electrons. The van der Waals surface area contributed by atoms with E-state index in [2.05, 4.69) is 10.3 Å². The van der Waals surface area contributed by atoms with Crippen LogP contribution in [0.2, 0.25) is 10.0 Å². The molecule has 2 aliphatic rings. The first-order valence-corrected chi connectivity index (χ1v) is 11.4. The maximum absolute atomic E-state index is 13.0. The van der Waals surface area contributed by atoms with Crippen LogP contribution in [0.5, 0.6) is 0 Å². The van der Waals surface area contributed by atoms with Crippen LogP contribution in [0.3, 0.4) is 0 Å². The maximum Gasteiger partial charge on any atom is 0.417 e. The van der Waals surface area contributed by atoms with Gasteiger partial charge in [-0.25, -0.2) is 4.98 Å². The maximum atomic E-state index is 13.0. The fourth-order valence-corrected chi connectivity index (χ4v) is 4.47. The van der Waals surface area contributed by atoms with Crippen molar-refractivity contribution in [3.63, 3.8) is 0 Å². The Balaban J connectivity index is 1.42. The van der Waals surface area contributed by atoms with Gasteiger partial charge in [-0.3, -0.25) is 14.5 Å². The first-order chi connectivity index (χ1) is 16.1. The van der Waals surface area contributed by atoms with Crippen molar-refractivity contribution >= 4 is 46.4 Å². The van der Waals surface area contributed by atoms with E-state index in [0.717, 1.165) is 17.2 Å². The van der Waals surface area contributed by atoms with Crippen LogP contribution in [0, 0.1) is 0 Å². The lowest BCUT2D eigenvalue weighted by Crippen LogP contribution is -2.57. The van der Waals surface area contributed by atoms with Crippen LogP contribution in [0.15, 0.2) is 42.6 Å². The predicted molar refractivity (Wildman–Crippen MR) is 124 cm³/mol. The topological polar surface area (TPSA) is 65.5 Å². The van der Waals surface area contributed by atoms with Crippen LogP contribution in [-0.2, 0) is 15.8 Å². The van der Waals surface area contributed by atoms with Gasteiger partial charge >= 0.3 is 6.18 Å². The SMILES string of the molecule is O=C(CC1NCCN(c2ccc(C(F)(F)F)cn2)C1=O)N1CCC=C(c2cccc(Cl)c2Cl)C1. The Labute approximate surface area is 204 Å². The van der Waals surface area contributed by atoms with Gasteiger partial charge in [0.2, 0.25) is 11.8 Å². The number of carbonyl (C=O) groups is 2. The zero-order valence-corrected chi connectivity index (χ0v) is 19.4. The van der Waals surface area contributed by atoms with Crippen molar-refractivity contribution in [2.45, 2.75) is 25.1 Å². The molecule has 3 heterocycles. The summed E-state index contributed by atoms with van der Waals surface area (Å²) >= 11 is 12.5. The van der Waals surface area contributed by atoms with Crippen LogP contribution in [0.4, 0.5) is 19.0 Å². The summed E-state index contributed by atoms with van der Waals surface area (Å²) in [7, 11) is 0. The number of hydrogen-bond donors (Lipinski definition) is 1. The number of rotatable bonds is 4. The lowest BCUT2D eigenvalue weighted by atomic mass is 10.00. The fraction of sp³-hybridized carbons (Fsp3) is 0.348. The summed E-state index contributed by atoms with van der Waals surface area (Å²) in [5.41, 5.74) is 0.753. The van der Waals surface area contributed by atoms with Crippen LogP contribution >= 0.6 is 23.2 Å². The van der Waals surface area contributed by atoms with E-state index in [1.807, 2.05) is 12.1 Å². The van der Waals surface area contributed by atoms with Crippen molar-refractivity contribution in [2.75, 3.05) is 31.1 Å². The highest BCUT2D eigenvalue weighted by Gasteiger charge is 2.35. The molecule has 2 aromatic rings. The van der Waals surface area contributed by atoms with Gasteiger partial charge in [0, 0.05) is 32.4 Å². The molecule has 1 aromatic carbocycles. The lowest BCUT2D eigenvalue weighted by Gasteiger charge is -2.34. The number of nitrogens with zero attached hydrogens (tertiary/aromatic N) is 3. The monoisotopic (exact) mass is 512 g/mol. The minimum absolute atomic E-state index is 0.0769. The second-order valence-corrected chi connectivity index (χ2v) is 8.82. The number of pyridine rings is 1. The van der Waals surface area contributed by atoms with Gasteiger partial charge in [0.25, 0.3) is 0 Å². The Morgan fingerprint density at radius 2 is 1.97 bits per heavy atom. The highest BCUT2D eigenvalue weighted by Crippen LogP contribution is 2.33. The van der Waals surface area contributed by atoms with Crippen LogP contribution in [-0.4, -0.2) is 53.9 Å². The zero-order chi connectivity index (χ0) is 24.5. The van der Waals surface area contributed by atoms with E-state index in [9.17, 15) is 22.8 Å². The molecule has 34 heavy (non-hydrogen) atoms. The number of anilines is 1. The third-order valence-electron chi connectivity index (χ3n) is 5.82. The quantitative estimate of drug-likeness (QED) is 0.658. The number of benzene rings is 1. The van der Waals surface area contributed by atoms with Gasteiger partial charge in [0.05, 0.1) is 28.1 Å². The number of amides is 2. The molecule has 6 nitrogen and oxygen atoms in total. The van der Waals surface area contributed by atoms with Gasteiger partial charge in [-0.15, -0.1) is 0 Å². The van der Waals surface area contributed by atoms with Gasteiger partial charge in [-0.05, 0) is 35.8 Å². The molecule has 11 heteroatoms. The first-order valence-electron chi connectivity index (χ1n) is 10.6. The Kier molecular flexibility index (Phi) is 7.16. The van der Waals surface area contributed by atoms with E-state index in [4.69, 9.17) is 23.2 Å². The van der Waals surface area contributed by atoms with E-state index in [1.165, 1.54) is 11.0 Å². The lowest BCUT2D eigenvalue weighted by molar-refractivity contribution is -0.137. The minimum atomic E-state index is -4.51. The Hall–Kier alpha value is -2.62. The molecule has 1 aromatic heterocycles. The normalized spacial score (nSPS) is 19.3. The van der Waals surface area contributed by atoms with Gasteiger partial charge in [0.1, 0.15) is 5.82 Å². The Morgan fingerprint density at radius 1 is 1.18 bits per heavy atom. The summed E-state index contributed by atoms with van der Waals surface area (Å²) in [6.45, 7) is 1.47. The van der Waals surface area contributed by atoms with Crippen LogP contribution in [0.25, 0.3) is 5.57 Å². The summed E-state index contributed by atoms with van der Waals surface area (Å²) in [4.78, 5) is 32.8. The predicted octanol–water partition coefficient (Wildman–Crippen LogP) is 4.42. The molecular formula is C23H21Cl2F3N4O2. The molecular weight excluding hydrogens is 492 g/mol. The van der Waals surface area contributed by atoms with Gasteiger partial charge < -0.3 is 10.2 Å². The van der Waals surface area contributed by atoms with Crippen molar-refractivity contribution in [3.05, 3.63) is 63.8 Å². The molecule has 0 spiro atoms. The second kappa shape index (κ2) is 9.93. The molecule has 0 saturated carbocycles. The molecule has 4 rings (SSSR count). The van der Waals surface area contributed by atoms with E-state index in [1.54, 1.807) is 17.0 Å². The molecule has 0 bridgehead atoms. The molecule has 2 aliphatic heterocycles. The Bertz CT molecular complexity index is 1120. The molecule has 2 amide bonds.